The van der Waals surface area contributed by atoms with E-state index >= 15 is 4.39 Å². The third kappa shape index (κ3) is 5.17. The molecule has 0 radical (unpaired) electrons. The number of hydrogen-bond acceptors (Lipinski definition) is 7. The van der Waals surface area contributed by atoms with Crippen LogP contribution >= 0.6 is 0 Å². The molecule has 206 valence electrons. The molecule has 5 aromatic rings. The molecule has 0 fully saturated rings. The van der Waals surface area contributed by atoms with Gasteiger partial charge in [-0.05, 0) is 35.4 Å². The maximum Gasteiger partial charge on any atom is 0.200 e. The van der Waals surface area contributed by atoms with E-state index in [9.17, 15) is 14.0 Å². The summed E-state index contributed by atoms with van der Waals surface area (Å²) in [5.74, 6) is -0.818. The molecule has 0 unspecified atom stereocenters. The number of hydrogen-bond donors (Lipinski definition) is 0. The first kappa shape index (κ1) is 26.3. The SMILES string of the molecule is COc1cnc2c(Oc3ccc(CC(=O)c4c5n(cc(-c6ccc(F)cc6)c4=O)CCOC5)cc3F)ccnc2c1. The van der Waals surface area contributed by atoms with E-state index in [1.165, 1.54) is 55.9 Å². The fraction of sp³-hybridized carbons (Fsp3) is 0.161. The van der Waals surface area contributed by atoms with Gasteiger partial charge in [-0.1, -0.05) is 18.2 Å². The molecule has 8 nitrogen and oxygen atoms in total. The minimum atomic E-state index is -0.684. The van der Waals surface area contributed by atoms with Gasteiger partial charge in [0.2, 0.25) is 5.43 Å². The number of ether oxygens (including phenoxy) is 3. The maximum atomic E-state index is 15.2. The predicted octanol–water partition coefficient (Wildman–Crippen LogP) is 5.49. The van der Waals surface area contributed by atoms with Gasteiger partial charge >= 0.3 is 0 Å². The number of benzene rings is 2. The normalized spacial score (nSPS) is 12.7. The van der Waals surface area contributed by atoms with Crippen LogP contribution in [0.1, 0.15) is 21.6 Å². The second-order valence-electron chi connectivity index (χ2n) is 9.47. The Balaban J connectivity index is 1.29. The van der Waals surface area contributed by atoms with E-state index in [0.717, 1.165) is 0 Å². The molecule has 1 aliphatic heterocycles. The molecule has 0 aliphatic carbocycles. The van der Waals surface area contributed by atoms with Crippen molar-refractivity contribution in [2.75, 3.05) is 13.7 Å². The first-order valence-electron chi connectivity index (χ1n) is 12.8. The van der Waals surface area contributed by atoms with E-state index in [-0.39, 0.29) is 29.9 Å². The maximum absolute atomic E-state index is 15.2. The molecule has 0 atom stereocenters. The zero-order valence-electron chi connectivity index (χ0n) is 21.9. The second kappa shape index (κ2) is 10.9. The highest BCUT2D eigenvalue weighted by Crippen LogP contribution is 2.31. The topological polar surface area (TPSA) is 92.5 Å². The quantitative estimate of drug-likeness (QED) is 0.245. The smallest absolute Gasteiger partial charge is 0.200 e. The third-order valence-electron chi connectivity index (χ3n) is 6.87. The van der Waals surface area contributed by atoms with Crippen LogP contribution in [0.15, 0.2) is 78.0 Å². The van der Waals surface area contributed by atoms with Crippen LogP contribution in [0.5, 0.6) is 17.2 Å². The summed E-state index contributed by atoms with van der Waals surface area (Å²) in [5, 5.41) is 0. The molecule has 0 saturated carbocycles. The van der Waals surface area contributed by atoms with E-state index in [2.05, 4.69) is 9.97 Å². The van der Waals surface area contributed by atoms with Crippen molar-refractivity contribution in [3.05, 3.63) is 112 Å². The van der Waals surface area contributed by atoms with Crippen LogP contribution in [0.2, 0.25) is 0 Å². The molecule has 6 rings (SSSR count). The third-order valence-corrected chi connectivity index (χ3v) is 6.87. The Hall–Kier alpha value is -4.96. The lowest BCUT2D eigenvalue weighted by Gasteiger charge is -2.23. The van der Waals surface area contributed by atoms with Gasteiger partial charge in [0.25, 0.3) is 0 Å². The number of ketones is 1. The number of pyridine rings is 3. The lowest BCUT2D eigenvalue weighted by Crippen LogP contribution is -2.30. The Morgan fingerprint density at radius 1 is 1.05 bits per heavy atom. The summed E-state index contributed by atoms with van der Waals surface area (Å²) in [6.45, 7) is 0.978. The Labute approximate surface area is 232 Å². The zero-order chi connectivity index (χ0) is 28.5. The Morgan fingerprint density at radius 3 is 2.66 bits per heavy atom. The molecule has 3 aromatic heterocycles. The molecule has 1 aliphatic rings. The van der Waals surface area contributed by atoms with Crippen molar-refractivity contribution in [3.8, 4) is 28.4 Å². The van der Waals surface area contributed by atoms with Gasteiger partial charge in [-0.3, -0.25) is 14.6 Å². The Bertz CT molecular complexity index is 1850. The van der Waals surface area contributed by atoms with Crippen molar-refractivity contribution in [3.63, 3.8) is 0 Å². The number of fused-ring (bicyclic) bond motifs is 2. The van der Waals surface area contributed by atoms with Gasteiger partial charge in [-0.25, -0.2) is 13.8 Å². The highest BCUT2D eigenvalue weighted by molar-refractivity contribution is 5.99. The zero-order valence-corrected chi connectivity index (χ0v) is 21.9. The van der Waals surface area contributed by atoms with Crippen molar-refractivity contribution < 1.29 is 27.8 Å². The first-order valence-corrected chi connectivity index (χ1v) is 12.8. The van der Waals surface area contributed by atoms with Gasteiger partial charge in [-0.15, -0.1) is 0 Å². The summed E-state index contributed by atoms with van der Waals surface area (Å²) >= 11 is 0. The van der Waals surface area contributed by atoms with Gasteiger partial charge in [0.05, 0.1) is 43.3 Å². The summed E-state index contributed by atoms with van der Waals surface area (Å²) in [7, 11) is 1.52. The molecule has 0 saturated heterocycles. The van der Waals surface area contributed by atoms with Crippen LogP contribution in [-0.2, 0) is 24.3 Å². The van der Waals surface area contributed by atoms with Crippen molar-refractivity contribution in [2.45, 2.75) is 19.6 Å². The molecule has 2 aromatic carbocycles. The van der Waals surface area contributed by atoms with E-state index in [0.29, 0.717) is 52.5 Å². The lowest BCUT2D eigenvalue weighted by molar-refractivity contribution is 0.0804. The van der Waals surface area contributed by atoms with Crippen LogP contribution in [0.3, 0.4) is 0 Å². The van der Waals surface area contributed by atoms with Crippen LogP contribution in [0, 0.1) is 11.6 Å². The van der Waals surface area contributed by atoms with Gasteiger partial charge in [0.15, 0.2) is 23.1 Å². The molecule has 4 heterocycles. The minimum Gasteiger partial charge on any atom is -0.495 e. The number of halogens is 2. The standard InChI is InChI=1S/C31H23F2N3O5/c1-39-21-14-24-30(35-15-21)28(8-9-34-24)41-27-7-2-18(12-23(27)33)13-26(37)29-25-17-40-11-10-36(25)16-22(31(29)38)19-3-5-20(32)6-4-19/h2-9,12,14-16H,10-11,13,17H2,1H3. The minimum absolute atomic E-state index is 0.0167. The number of carbonyl (C=O) groups is 1. The average molecular weight is 556 g/mol. The largest absolute Gasteiger partial charge is 0.495 e. The van der Waals surface area contributed by atoms with Crippen LogP contribution in [0.4, 0.5) is 8.78 Å². The summed E-state index contributed by atoms with van der Waals surface area (Å²) in [4.78, 5) is 35.6. The van der Waals surface area contributed by atoms with Gasteiger partial charge in [0.1, 0.15) is 17.1 Å². The highest BCUT2D eigenvalue weighted by Gasteiger charge is 2.25. The van der Waals surface area contributed by atoms with Crippen LogP contribution in [0.25, 0.3) is 22.2 Å². The van der Waals surface area contributed by atoms with Gasteiger partial charge in [-0.2, -0.15) is 0 Å². The van der Waals surface area contributed by atoms with Crippen molar-refractivity contribution in [2.24, 2.45) is 0 Å². The Morgan fingerprint density at radius 2 is 1.88 bits per heavy atom. The monoisotopic (exact) mass is 555 g/mol. The van der Waals surface area contributed by atoms with Gasteiger partial charge in [0, 0.05) is 43.1 Å². The molecule has 0 spiro atoms. The van der Waals surface area contributed by atoms with E-state index in [4.69, 9.17) is 14.2 Å². The number of methoxy groups -OCH3 is 1. The molecule has 41 heavy (non-hydrogen) atoms. The fourth-order valence-electron chi connectivity index (χ4n) is 4.82. The second-order valence-corrected chi connectivity index (χ2v) is 9.47. The molecular weight excluding hydrogens is 532 g/mol. The lowest BCUT2D eigenvalue weighted by atomic mass is 9.96. The molecule has 0 amide bonds. The highest BCUT2D eigenvalue weighted by atomic mass is 19.1. The Kier molecular flexibility index (Phi) is 6.98. The number of nitrogens with zero attached hydrogens (tertiary/aromatic N) is 3. The fourth-order valence-corrected chi connectivity index (χ4v) is 4.82. The first-order chi connectivity index (χ1) is 19.9. The van der Waals surface area contributed by atoms with E-state index in [1.54, 1.807) is 24.4 Å². The summed E-state index contributed by atoms with van der Waals surface area (Å²) < 4.78 is 47.0. The summed E-state index contributed by atoms with van der Waals surface area (Å²) in [5.41, 5.74) is 2.06. The average Bonchev–Trinajstić information content (AvgIpc) is 2.98. The van der Waals surface area contributed by atoms with Crippen molar-refractivity contribution in [1.82, 2.24) is 14.5 Å². The van der Waals surface area contributed by atoms with Crippen molar-refractivity contribution >= 4 is 16.8 Å². The van der Waals surface area contributed by atoms with Crippen molar-refractivity contribution in [1.29, 1.82) is 0 Å². The number of Topliss-reactive ketones (excluding diaryl/α,β-unsaturated/α-hetero) is 1. The van der Waals surface area contributed by atoms with E-state index < -0.39 is 22.8 Å². The van der Waals surface area contributed by atoms with Crippen LogP contribution < -0.4 is 14.9 Å². The molecule has 0 N–H and O–H groups in total. The molecule has 10 heteroatoms. The van der Waals surface area contributed by atoms with E-state index in [1.807, 2.05) is 4.57 Å². The number of carbonyl (C=O) groups excluding carboxylic acids is 1. The van der Waals surface area contributed by atoms with Gasteiger partial charge < -0.3 is 18.8 Å². The summed E-state index contributed by atoms with van der Waals surface area (Å²) in [6, 6.07) is 13.0. The summed E-state index contributed by atoms with van der Waals surface area (Å²) in [6.07, 6.45) is 4.49. The van der Waals surface area contributed by atoms with Crippen LogP contribution in [-0.4, -0.2) is 34.0 Å². The number of aromatic nitrogens is 3. The number of rotatable bonds is 7. The predicted molar refractivity (Wildman–Crippen MR) is 146 cm³/mol. The molecule has 0 bridgehead atoms. The molecular formula is C31H23F2N3O5.